The number of hydrogen-bond donors (Lipinski definition) is 3. The second-order valence-corrected chi connectivity index (χ2v) is 12.2. The number of rotatable bonds is 12. The Hall–Kier alpha value is -3.99. The Bertz CT molecular complexity index is 1350. The zero-order chi connectivity index (χ0) is 31.4. The SMILES string of the molecule is CCC(O/N=C(\C(=O)N[C@@H]1C(=O)N2C(C(=O)O)=C(COC(=O)CC(C)=O)CS[C@@H]12)c1csc(N)n1)C(=O)OC(C)(C)C. The van der Waals surface area contributed by atoms with Crippen LogP contribution in [0.25, 0.3) is 0 Å². The molecule has 2 aliphatic rings. The van der Waals surface area contributed by atoms with E-state index in [1.807, 2.05) is 0 Å². The number of carboxylic acids is 1. The fourth-order valence-electron chi connectivity index (χ4n) is 3.79. The van der Waals surface area contributed by atoms with E-state index in [2.05, 4.69) is 15.5 Å². The van der Waals surface area contributed by atoms with Gasteiger partial charge < -0.3 is 30.5 Å². The van der Waals surface area contributed by atoms with E-state index >= 15 is 0 Å². The van der Waals surface area contributed by atoms with Crippen molar-refractivity contribution in [3.8, 4) is 0 Å². The Morgan fingerprint density at radius 2 is 1.98 bits per heavy atom. The summed E-state index contributed by atoms with van der Waals surface area (Å²) < 4.78 is 10.3. The van der Waals surface area contributed by atoms with Gasteiger partial charge in [0.2, 0.25) is 6.10 Å². The number of ketones is 1. The zero-order valence-electron chi connectivity index (χ0n) is 23.5. The number of anilines is 1. The Labute approximate surface area is 248 Å². The third-order valence-corrected chi connectivity index (χ3v) is 7.64. The summed E-state index contributed by atoms with van der Waals surface area (Å²) in [4.78, 5) is 84.2. The largest absolute Gasteiger partial charge is 0.477 e. The van der Waals surface area contributed by atoms with Gasteiger partial charge in [0.15, 0.2) is 10.8 Å². The van der Waals surface area contributed by atoms with Crippen molar-refractivity contribution in [1.82, 2.24) is 15.2 Å². The fraction of sp³-hybridized carbons (Fsp3) is 0.520. The lowest BCUT2D eigenvalue weighted by molar-refractivity contribution is -0.169. The number of thiazole rings is 1. The lowest BCUT2D eigenvalue weighted by Crippen LogP contribution is -2.71. The number of oxime groups is 1. The summed E-state index contributed by atoms with van der Waals surface area (Å²) in [6, 6.07) is -1.13. The number of thioether (sulfide) groups is 1. The first-order valence-electron chi connectivity index (χ1n) is 12.7. The topological polar surface area (TPSA) is 217 Å². The molecule has 3 atom stereocenters. The molecule has 1 fully saturated rings. The van der Waals surface area contributed by atoms with Crippen LogP contribution < -0.4 is 11.1 Å². The van der Waals surface area contributed by atoms with Crippen molar-refractivity contribution in [2.45, 2.75) is 70.6 Å². The molecule has 0 aliphatic carbocycles. The quantitative estimate of drug-likeness (QED) is 0.0965. The van der Waals surface area contributed by atoms with Crippen molar-refractivity contribution in [1.29, 1.82) is 0 Å². The van der Waals surface area contributed by atoms with Gasteiger partial charge in [0.1, 0.15) is 47.2 Å². The molecule has 0 aromatic carbocycles. The predicted octanol–water partition coefficient (Wildman–Crippen LogP) is 0.827. The molecule has 228 valence electrons. The molecule has 1 unspecified atom stereocenters. The molecule has 0 bridgehead atoms. The van der Waals surface area contributed by atoms with Crippen molar-refractivity contribution < 1.29 is 48.2 Å². The number of β-lactam (4-membered cyclic amide) rings is 1. The Kier molecular flexibility index (Phi) is 10.3. The second kappa shape index (κ2) is 13.3. The summed E-state index contributed by atoms with van der Waals surface area (Å²) in [7, 11) is 0. The first-order valence-corrected chi connectivity index (χ1v) is 14.6. The number of nitrogen functional groups attached to an aromatic ring is 1. The number of amides is 2. The van der Waals surface area contributed by atoms with Crippen LogP contribution in [0.2, 0.25) is 0 Å². The highest BCUT2D eigenvalue weighted by Gasteiger charge is 2.54. The smallest absolute Gasteiger partial charge is 0.352 e. The molecule has 3 heterocycles. The third kappa shape index (κ3) is 7.84. The molecule has 0 saturated carbocycles. The standard InChI is InChI=1S/C25H31N5O10S2/c1-6-14(23(37)39-25(3,4)5)40-29-16(13-10-42-24(26)27-13)19(33)28-17-20(34)30-18(22(35)36)12(9-41-21(17)30)8-38-15(32)7-11(2)31/h10,14,17,21H,6-9H2,1-5H3,(H2,26,27)(H,28,33)(H,35,36)/b29-16-/t14?,17-,21+/m1/s1. The molecule has 1 saturated heterocycles. The maximum absolute atomic E-state index is 13.3. The number of esters is 2. The van der Waals surface area contributed by atoms with Crippen LogP contribution in [0, 0.1) is 0 Å². The highest BCUT2D eigenvalue weighted by atomic mass is 32.2. The molecule has 42 heavy (non-hydrogen) atoms. The number of hydrogen-bond acceptors (Lipinski definition) is 14. The number of ether oxygens (including phenoxy) is 2. The maximum atomic E-state index is 13.3. The Morgan fingerprint density at radius 3 is 2.52 bits per heavy atom. The first-order chi connectivity index (χ1) is 19.6. The minimum Gasteiger partial charge on any atom is -0.477 e. The summed E-state index contributed by atoms with van der Waals surface area (Å²) in [5.74, 6) is -4.85. The molecule has 0 radical (unpaired) electrons. The maximum Gasteiger partial charge on any atom is 0.352 e. The number of carbonyl (C=O) groups is 6. The molecule has 2 aliphatic heterocycles. The number of Topliss-reactive ketones (excluding diaryl/α,β-unsaturated/α-hetero) is 1. The van der Waals surface area contributed by atoms with Gasteiger partial charge in [-0.05, 0) is 34.1 Å². The van der Waals surface area contributed by atoms with Gasteiger partial charge in [-0.3, -0.25) is 24.1 Å². The van der Waals surface area contributed by atoms with E-state index in [-0.39, 0.29) is 40.0 Å². The van der Waals surface area contributed by atoms with Crippen LogP contribution in [-0.4, -0.2) is 91.7 Å². The van der Waals surface area contributed by atoms with Crippen LogP contribution in [0.5, 0.6) is 0 Å². The molecule has 17 heteroatoms. The fourth-order valence-corrected chi connectivity index (χ4v) is 5.67. The van der Waals surface area contributed by atoms with Gasteiger partial charge in [0.05, 0.1) is 0 Å². The van der Waals surface area contributed by atoms with Gasteiger partial charge >= 0.3 is 17.9 Å². The van der Waals surface area contributed by atoms with Crippen LogP contribution in [0.3, 0.4) is 0 Å². The van der Waals surface area contributed by atoms with Gasteiger partial charge in [-0.25, -0.2) is 14.6 Å². The lowest BCUT2D eigenvalue weighted by atomic mass is 10.0. The summed E-state index contributed by atoms with van der Waals surface area (Å²) in [6.07, 6.45) is -1.42. The monoisotopic (exact) mass is 625 g/mol. The van der Waals surface area contributed by atoms with Gasteiger partial charge in [-0.15, -0.1) is 23.1 Å². The van der Waals surface area contributed by atoms with E-state index in [1.165, 1.54) is 12.3 Å². The minimum absolute atomic E-state index is 0.0368. The average Bonchev–Trinajstić information content (AvgIpc) is 3.31. The van der Waals surface area contributed by atoms with E-state index in [9.17, 15) is 33.9 Å². The molecule has 3 rings (SSSR count). The van der Waals surface area contributed by atoms with E-state index in [0.29, 0.717) is 0 Å². The number of fused-ring (bicyclic) bond motifs is 1. The van der Waals surface area contributed by atoms with E-state index in [4.69, 9.17) is 20.0 Å². The highest BCUT2D eigenvalue weighted by molar-refractivity contribution is 8.00. The summed E-state index contributed by atoms with van der Waals surface area (Å²) >= 11 is 2.18. The summed E-state index contributed by atoms with van der Waals surface area (Å²) in [6.45, 7) is 7.54. The van der Waals surface area contributed by atoms with Gasteiger partial charge in [-0.2, -0.15) is 0 Å². The number of carbonyl (C=O) groups excluding carboxylic acids is 5. The van der Waals surface area contributed by atoms with E-state index in [0.717, 1.165) is 28.0 Å². The van der Waals surface area contributed by atoms with Gasteiger partial charge in [-0.1, -0.05) is 12.1 Å². The van der Waals surface area contributed by atoms with Crippen molar-refractivity contribution in [2.24, 2.45) is 5.16 Å². The minimum atomic E-state index is -1.42. The molecule has 0 spiro atoms. The molecule has 1 aromatic rings. The summed E-state index contributed by atoms with van der Waals surface area (Å²) in [5.41, 5.74) is 4.42. The van der Waals surface area contributed by atoms with Crippen molar-refractivity contribution in [3.63, 3.8) is 0 Å². The van der Waals surface area contributed by atoms with Crippen molar-refractivity contribution in [3.05, 3.63) is 22.3 Å². The van der Waals surface area contributed by atoms with Gasteiger partial charge in [0, 0.05) is 16.7 Å². The molecule has 1 aromatic heterocycles. The third-order valence-electron chi connectivity index (χ3n) is 5.63. The van der Waals surface area contributed by atoms with Crippen LogP contribution in [0.4, 0.5) is 5.13 Å². The molecular formula is C25H31N5O10S2. The number of nitrogens with two attached hydrogens (primary N) is 1. The lowest BCUT2D eigenvalue weighted by Gasteiger charge is -2.49. The van der Waals surface area contributed by atoms with Crippen molar-refractivity contribution in [2.75, 3.05) is 18.1 Å². The molecule has 15 nitrogen and oxygen atoms in total. The average molecular weight is 626 g/mol. The number of carboxylic acid groups (broad SMARTS) is 1. The van der Waals surface area contributed by atoms with E-state index in [1.54, 1.807) is 27.7 Å². The molecule has 2 amide bonds. The van der Waals surface area contributed by atoms with Gasteiger partial charge in [0.25, 0.3) is 11.8 Å². The number of aliphatic carboxylic acids is 1. The molecule has 4 N–H and O–H groups in total. The van der Waals surface area contributed by atoms with Crippen LogP contribution >= 0.6 is 23.1 Å². The first kappa shape index (κ1) is 32.5. The number of aromatic nitrogens is 1. The van der Waals surface area contributed by atoms with Crippen LogP contribution in [0.15, 0.2) is 21.8 Å². The normalized spacial score (nSPS) is 19.3. The predicted molar refractivity (Wildman–Crippen MR) is 150 cm³/mol. The number of nitrogens with zero attached hydrogens (tertiary/aromatic N) is 3. The molecular weight excluding hydrogens is 594 g/mol. The second-order valence-electron chi connectivity index (χ2n) is 10.2. The number of nitrogens with one attached hydrogen (secondary N) is 1. The van der Waals surface area contributed by atoms with Crippen LogP contribution in [-0.2, 0) is 43.1 Å². The highest BCUT2D eigenvalue weighted by Crippen LogP contribution is 2.40. The van der Waals surface area contributed by atoms with E-state index < -0.39 is 71.7 Å². The van der Waals surface area contributed by atoms with Crippen molar-refractivity contribution >= 4 is 69.4 Å². The van der Waals surface area contributed by atoms with Crippen LogP contribution in [0.1, 0.15) is 53.2 Å². The Balaban J connectivity index is 1.78. The summed E-state index contributed by atoms with van der Waals surface area (Å²) in [5, 5.41) is 17.0. The Morgan fingerprint density at radius 1 is 1.29 bits per heavy atom. The zero-order valence-corrected chi connectivity index (χ0v) is 25.1.